The first kappa shape index (κ1) is 17.5. The normalized spacial score (nSPS) is 11.6. The van der Waals surface area contributed by atoms with Gasteiger partial charge in [0.2, 0.25) is 11.7 Å². The molecule has 1 atom stereocenters. The van der Waals surface area contributed by atoms with E-state index in [-0.39, 0.29) is 12.5 Å². The average Bonchev–Trinajstić information content (AvgIpc) is 3.18. The monoisotopic (exact) mass is 353 g/mol. The number of ether oxygens (including phenoxy) is 2. The first-order valence-corrected chi connectivity index (χ1v) is 8.11. The second-order valence-electron chi connectivity index (χ2n) is 5.58. The Balaban J connectivity index is 1.57. The molecule has 0 unspecified atom stereocenters. The van der Waals surface area contributed by atoms with Gasteiger partial charge in [-0.1, -0.05) is 23.4 Å². The smallest absolute Gasteiger partial charge is 0.258 e. The largest absolute Gasteiger partial charge is 0.497 e. The van der Waals surface area contributed by atoms with Crippen LogP contribution in [0.1, 0.15) is 18.9 Å². The molecule has 0 saturated carbocycles. The van der Waals surface area contributed by atoms with Crippen LogP contribution in [0, 0.1) is 0 Å². The summed E-state index contributed by atoms with van der Waals surface area (Å²) in [6.45, 7) is 1.68. The van der Waals surface area contributed by atoms with Crippen LogP contribution in [-0.2, 0) is 4.79 Å². The van der Waals surface area contributed by atoms with E-state index in [0.717, 1.165) is 11.3 Å². The fourth-order valence-electron chi connectivity index (χ4n) is 2.28. The average molecular weight is 353 g/mol. The van der Waals surface area contributed by atoms with Crippen molar-refractivity contribution in [2.45, 2.75) is 13.0 Å². The van der Waals surface area contributed by atoms with Crippen LogP contribution in [0.15, 0.2) is 59.1 Å². The lowest BCUT2D eigenvalue weighted by atomic mass is 10.2. The third-order valence-corrected chi connectivity index (χ3v) is 3.65. The molecular formula is C19H19N3O4. The molecule has 0 saturated heterocycles. The Hall–Kier alpha value is -3.35. The zero-order valence-corrected chi connectivity index (χ0v) is 14.5. The van der Waals surface area contributed by atoms with Crippen molar-refractivity contribution in [3.63, 3.8) is 0 Å². The molecule has 7 heteroatoms. The number of para-hydroxylation sites is 1. The topological polar surface area (TPSA) is 86.5 Å². The first-order chi connectivity index (χ1) is 12.7. The van der Waals surface area contributed by atoms with E-state index < -0.39 is 6.04 Å². The molecule has 3 rings (SSSR count). The molecule has 134 valence electrons. The maximum atomic E-state index is 12.0. The van der Waals surface area contributed by atoms with Gasteiger partial charge < -0.3 is 19.3 Å². The van der Waals surface area contributed by atoms with E-state index in [1.807, 2.05) is 42.5 Å². The maximum absolute atomic E-state index is 12.0. The molecule has 0 fully saturated rings. The van der Waals surface area contributed by atoms with E-state index in [4.69, 9.17) is 14.0 Å². The van der Waals surface area contributed by atoms with Crippen molar-refractivity contribution in [1.29, 1.82) is 0 Å². The molecular weight excluding hydrogens is 334 g/mol. The van der Waals surface area contributed by atoms with Crippen LogP contribution in [0.2, 0.25) is 0 Å². The lowest BCUT2D eigenvalue weighted by Crippen LogP contribution is -2.31. The third kappa shape index (κ3) is 4.38. The highest BCUT2D eigenvalue weighted by molar-refractivity contribution is 5.77. The van der Waals surface area contributed by atoms with E-state index in [9.17, 15) is 4.79 Å². The molecule has 2 aromatic carbocycles. The Bertz CT molecular complexity index is 847. The Labute approximate surface area is 150 Å². The van der Waals surface area contributed by atoms with Gasteiger partial charge in [-0.15, -0.1) is 0 Å². The number of amides is 1. The first-order valence-electron chi connectivity index (χ1n) is 8.11. The molecule has 1 heterocycles. The zero-order valence-electron chi connectivity index (χ0n) is 14.5. The van der Waals surface area contributed by atoms with Gasteiger partial charge in [-0.2, -0.15) is 4.98 Å². The highest BCUT2D eigenvalue weighted by atomic mass is 16.5. The number of nitrogens with zero attached hydrogens (tertiary/aromatic N) is 2. The van der Waals surface area contributed by atoms with Crippen molar-refractivity contribution in [1.82, 2.24) is 15.5 Å². The molecule has 0 aliphatic heterocycles. The highest BCUT2D eigenvalue weighted by Crippen LogP contribution is 2.21. The Morgan fingerprint density at radius 1 is 1.12 bits per heavy atom. The van der Waals surface area contributed by atoms with Crippen molar-refractivity contribution in [2.75, 3.05) is 13.7 Å². The summed E-state index contributed by atoms with van der Waals surface area (Å²) >= 11 is 0. The van der Waals surface area contributed by atoms with E-state index >= 15 is 0 Å². The summed E-state index contributed by atoms with van der Waals surface area (Å²) in [5.41, 5.74) is 0.798. The molecule has 1 amide bonds. The summed E-state index contributed by atoms with van der Waals surface area (Å²) in [5.74, 6) is 1.88. The predicted octanol–water partition coefficient (Wildman–Crippen LogP) is 3.00. The minimum atomic E-state index is -0.429. The maximum Gasteiger partial charge on any atom is 0.258 e. The van der Waals surface area contributed by atoms with Gasteiger partial charge in [0.1, 0.15) is 17.5 Å². The molecule has 0 aliphatic carbocycles. The van der Waals surface area contributed by atoms with Crippen LogP contribution in [0.5, 0.6) is 11.5 Å². The number of benzene rings is 2. The Morgan fingerprint density at radius 3 is 2.54 bits per heavy atom. The highest BCUT2D eigenvalue weighted by Gasteiger charge is 2.17. The van der Waals surface area contributed by atoms with Crippen molar-refractivity contribution >= 4 is 5.91 Å². The standard InChI is InChI=1S/C19H19N3O4/c1-13(20-17(23)12-25-16-6-4-3-5-7-16)19-21-18(22-26-19)14-8-10-15(24-2)11-9-14/h3-11,13H,12H2,1-2H3,(H,20,23)/t13-/m1/s1. The summed E-state index contributed by atoms with van der Waals surface area (Å²) in [5, 5.41) is 6.72. The summed E-state index contributed by atoms with van der Waals surface area (Å²) in [6, 6.07) is 16.0. The quantitative estimate of drug-likeness (QED) is 0.703. The molecule has 0 radical (unpaired) electrons. The van der Waals surface area contributed by atoms with E-state index in [0.29, 0.717) is 17.5 Å². The molecule has 1 aromatic heterocycles. The zero-order chi connectivity index (χ0) is 18.4. The molecule has 7 nitrogen and oxygen atoms in total. The number of hydrogen-bond donors (Lipinski definition) is 1. The summed E-state index contributed by atoms with van der Waals surface area (Å²) in [4.78, 5) is 16.3. The number of aromatic nitrogens is 2. The van der Waals surface area contributed by atoms with E-state index in [1.165, 1.54) is 0 Å². The lowest BCUT2D eigenvalue weighted by Gasteiger charge is -2.10. The van der Waals surface area contributed by atoms with Gasteiger partial charge >= 0.3 is 0 Å². The number of hydrogen-bond acceptors (Lipinski definition) is 6. The molecule has 26 heavy (non-hydrogen) atoms. The lowest BCUT2D eigenvalue weighted by molar-refractivity contribution is -0.123. The van der Waals surface area contributed by atoms with Crippen LogP contribution >= 0.6 is 0 Å². The predicted molar refractivity (Wildman–Crippen MR) is 94.8 cm³/mol. The molecule has 0 spiro atoms. The fraction of sp³-hybridized carbons (Fsp3) is 0.211. The minimum absolute atomic E-state index is 0.0895. The van der Waals surface area contributed by atoms with Crippen LogP contribution in [0.25, 0.3) is 11.4 Å². The van der Waals surface area contributed by atoms with Gasteiger partial charge in [0, 0.05) is 5.56 Å². The third-order valence-electron chi connectivity index (χ3n) is 3.65. The molecule has 0 bridgehead atoms. The van der Waals surface area contributed by atoms with Gasteiger partial charge in [0.25, 0.3) is 5.91 Å². The number of rotatable bonds is 7. The van der Waals surface area contributed by atoms with Gasteiger partial charge in [-0.3, -0.25) is 4.79 Å². The van der Waals surface area contributed by atoms with Crippen molar-refractivity contribution < 1.29 is 18.8 Å². The number of methoxy groups -OCH3 is 1. The van der Waals surface area contributed by atoms with Gasteiger partial charge in [0.15, 0.2) is 6.61 Å². The summed E-state index contributed by atoms with van der Waals surface area (Å²) in [7, 11) is 1.60. The molecule has 3 aromatic rings. The number of carbonyl (C=O) groups is 1. The molecule has 1 N–H and O–H groups in total. The van der Waals surface area contributed by atoms with E-state index in [2.05, 4.69) is 15.5 Å². The van der Waals surface area contributed by atoms with Crippen LogP contribution < -0.4 is 14.8 Å². The summed E-state index contributed by atoms with van der Waals surface area (Å²) in [6.07, 6.45) is 0. The second kappa shape index (κ2) is 8.15. The van der Waals surface area contributed by atoms with Crippen molar-refractivity contribution in [3.8, 4) is 22.9 Å². The van der Waals surface area contributed by atoms with Gasteiger partial charge in [-0.05, 0) is 43.3 Å². The Kier molecular flexibility index (Phi) is 5.48. The Morgan fingerprint density at radius 2 is 1.85 bits per heavy atom. The number of nitrogens with one attached hydrogen (secondary N) is 1. The van der Waals surface area contributed by atoms with Crippen molar-refractivity contribution in [2.24, 2.45) is 0 Å². The van der Waals surface area contributed by atoms with Crippen LogP contribution in [0.4, 0.5) is 0 Å². The minimum Gasteiger partial charge on any atom is -0.497 e. The van der Waals surface area contributed by atoms with Gasteiger partial charge in [-0.25, -0.2) is 0 Å². The fourth-order valence-corrected chi connectivity index (χ4v) is 2.28. The number of carbonyl (C=O) groups excluding carboxylic acids is 1. The summed E-state index contributed by atoms with van der Waals surface area (Å²) < 4.78 is 15.8. The van der Waals surface area contributed by atoms with E-state index in [1.54, 1.807) is 26.2 Å². The van der Waals surface area contributed by atoms with Crippen LogP contribution in [0.3, 0.4) is 0 Å². The van der Waals surface area contributed by atoms with Gasteiger partial charge in [0.05, 0.1) is 7.11 Å². The second-order valence-corrected chi connectivity index (χ2v) is 5.58. The van der Waals surface area contributed by atoms with Crippen LogP contribution in [-0.4, -0.2) is 29.8 Å². The molecule has 0 aliphatic rings. The SMILES string of the molecule is COc1ccc(-c2noc([C@@H](C)NC(=O)COc3ccccc3)n2)cc1. The van der Waals surface area contributed by atoms with Crippen molar-refractivity contribution in [3.05, 3.63) is 60.5 Å².